The van der Waals surface area contributed by atoms with E-state index in [2.05, 4.69) is 29.6 Å². The largest absolute Gasteiger partial charge is 0.465 e. The second-order valence-electron chi connectivity index (χ2n) is 4.77. The van der Waals surface area contributed by atoms with Gasteiger partial charge in [0.15, 0.2) is 0 Å². The Morgan fingerprint density at radius 2 is 1.82 bits per heavy atom. The molecule has 1 N–H and O–H groups in total. The highest BCUT2D eigenvalue weighted by atomic mass is 16.3. The maximum Gasteiger partial charge on any atom is 0.117 e. The van der Waals surface area contributed by atoms with Crippen molar-refractivity contribution in [1.29, 1.82) is 0 Å². The topological polar surface area (TPSA) is 25.2 Å². The summed E-state index contributed by atoms with van der Waals surface area (Å²) in [5, 5.41) is 3.56. The Balaban J connectivity index is 1.59. The molecule has 1 aromatic heterocycles. The van der Waals surface area contributed by atoms with E-state index in [1.165, 1.54) is 11.1 Å². The van der Waals surface area contributed by atoms with Gasteiger partial charge in [-0.3, -0.25) is 0 Å². The standard InChI is InChI=1S/C15H17NO/c1-11-6-7-15(17-11)10-16-14-8-12-4-2-3-5-13(12)9-14/h2-7,14,16H,8-10H2,1H3. The Bertz CT molecular complexity index is 490. The van der Waals surface area contributed by atoms with Crippen LogP contribution in [0.2, 0.25) is 0 Å². The molecule has 0 bridgehead atoms. The van der Waals surface area contributed by atoms with Gasteiger partial charge in [0, 0.05) is 6.04 Å². The van der Waals surface area contributed by atoms with Gasteiger partial charge in [-0.2, -0.15) is 0 Å². The van der Waals surface area contributed by atoms with Gasteiger partial charge in [-0.25, -0.2) is 0 Å². The predicted octanol–water partition coefficient (Wildman–Crippen LogP) is 2.85. The molecule has 0 amide bonds. The van der Waals surface area contributed by atoms with Crippen LogP contribution < -0.4 is 5.32 Å². The lowest BCUT2D eigenvalue weighted by Gasteiger charge is -2.10. The van der Waals surface area contributed by atoms with E-state index in [1.807, 2.05) is 19.1 Å². The quantitative estimate of drug-likeness (QED) is 0.872. The van der Waals surface area contributed by atoms with Crippen molar-refractivity contribution < 1.29 is 4.42 Å². The lowest BCUT2D eigenvalue weighted by molar-refractivity contribution is 0.435. The van der Waals surface area contributed by atoms with Crippen molar-refractivity contribution in [3.8, 4) is 0 Å². The van der Waals surface area contributed by atoms with Gasteiger partial charge in [0.25, 0.3) is 0 Å². The molecule has 0 saturated carbocycles. The van der Waals surface area contributed by atoms with Crippen LogP contribution in [0.15, 0.2) is 40.8 Å². The van der Waals surface area contributed by atoms with Crippen molar-refractivity contribution in [3.05, 3.63) is 59.0 Å². The van der Waals surface area contributed by atoms with Gasteiger partial charge in [0.1, 0.15) is 11.5 Å². The first-order valence-electron chi connectivity index (χ1n) is 6.17. The van der Waals surface area contributed by atoms with Crippen LogP contribution in [0.4, 0.5) is 0 Å². The van der Waals surface area contributed by atoms with E-state index >= 15 is 0 Å². The van der Waals surface area contributed by atoms with Crippen molar-refractivity contribution in [2.45, 2.75) is 32.4 Å². The lowest BCUT2D eigenvalue weighted by Crippen LogP contribution is -2.28. The third kappa shape index (κ3) is 2.27. The first-order valence-corrected chi connectivity index (χ1v) is 6.17. The third-order valence-electron chi connectivity index (χ3n) is 3.41. The van der Waals surface area contributed by atoms with Crippen LogP contribution >= 0.6 is 0 Å². The molecule has 1 heterocycles. The molecule has 0 spiro atoms. The number of aryl methyl sites for hydroxylation is 1. The molecule has 0 saturated heterocycles. The summed E-state index contributed by atoms with van der Waals surface area (Å²) in [7, 11) is 0. The summed E-state index contributed by atoms with van der Waals surface area (Å²) >= 11 is 0. The van der Waals surface area contributed by atoms with Crippen LogP contribution in [0.3, 0.4) is 0 Å². The number of furan rings is 1. The fraction of sp³-hybridized carbons (Fsp3) is 0.333. The molecule has 17 heavy (non-hydrogen) atoms. The number of benzene rings is 1. The van der Waals surface area contributed by atoms with Gasteiger partial charge in [-0.05, 0) is 43.0 Å². The van der Waals surface area contributed by atoms with Crippen molar-refractivity contribution in [2.24, 2.45) is 0 Å². The Labute approximate surface area is 102 Å². The maximum absolute atomic E-state index is 5.56. The van der Waals surface area contributed by atoms with Crippen LogP contribution in [0.25, 0.3) is 0 Å². The summed E-state index contributed by atoms with van der Waals surface area (Å²) in [4.78, 5) is 0. The molecule has 1 aromatic carbocycles. The van der Waals surface area contributed by atoms with Crippen molar-refractivity contribution in [3.63, 3.8) is 0 Å². The maximum atomic E-state index is 5.56. The van der Waals surface area contributed by atoms with Crippen LogP contribution in [0.5, 0.6) is 0 Å². The average molecular weight is 227 g/mol. The van der Waals surface area contributed by atoms with E-state index < -0.39 is 0 Å². The highest BCUT2D eigenvalue weighted by Gasteiger charge is 2.20. The molecular formula is C15H17NO. The average Bonchev–Trinajstić information content (AvgIpc) is 2.91. The summed E-state index contributed by atoms with van der Waals surface area (Å²) in [6.45, 7) is 2.81. The number of hydrogen-bond donors (Lipinski definition) is 1. The van der Waals surface area contributed by atoms with Crippen molar-refractivity contribution >= 4 is 0 Å². The third-order valence-corrected chi connectivity index (χ3v) is 3.41. The lowest BCUT2D eigenvalue weighted by atomic mass is 10.1. The Morgan fingerprint density at radius 1 is 1.12 bits per heavy atom. The summed E-state index contributed by atoms with van der Waals surface area (Å²) in [5.41, 5.74) is 2.97. The van der Waals surface area contributed by atoms with Crippen LogP contribution in [-0.4, -0.2) is 6.04 Å². The highest BCUT2D eigenvalue weighted by Crippen LogP contribution is 2.21. The van der Waals surface area contributed by atoms with Gasteiger partial charge < -0.3 is 9.73 Å². The minimum Gasteiger partial charge on any atom is -0.465 e. The summed E-state index contributed by atoms with van der Waals surface area (Å²) < 4.78 is 5.56. The van der Waals surface area contributed by atoms with Crippen molar-refractivity contribution in [2.75, 3.05) is 0 Å². The van der Waals surface area contributed by atoms with E-state index in [1.54, 1.807) is 0 Å². The van der Waals surface area contributed by atoms with Gasteiger partial charge in [0.05, 0.1) is 6.54 Å². The molecule has 2 nitrogen and oxygen atoms in total. The molecule has 0 radical (unpaired) electrons. The minimum absolute atomic E-state index is 0.554. The van der Waals surface area contributed by atoms with Crippen LogP contribution in [0.1, 0.15) is 22.6 Å². The van der Waals surface area contributed by atoms with Gasteiger partial charge >= 0.3 is 0 Å². The number of rotatable bonds is 3. The van der Waals surface area contributed by atoms with E-state index in [9.17, 15) is 0 Å². The van der Waals surface area contributed by atoms with E-state index in [-0.39, 0.29) is 0 Å². The molecule has 2 heteroatoms. The zero-order chi connectivity index (χ0) is 11.7. The fourth-order valence-corrected chi connectivity index (χ4v) is 2.53. The molecule has 1 aliphatic rings. The van der Waals surface area contributed by atoms with Gasteiger partial charge in [-0.15, -0.1) is 0 Å². The summed E-state index contributed by atoms with van der Waals surface area (Å²) in [6, 6.07) is 13.3. The molecule has 2 aromatic rings. The first-order chi connectivity index (χ1) is 8.31. The highest BCUT2D eigenvalue weighted by molar-refractivity contribution is 5.33. The molecule has 88 valence electrons. The molecule has 0 aliphatic heterocycles. The normalized spacial score (nSPS) is 15.1. The Morgan fingerprint density at radius 3 is 2.41 bits per heavy atom. The van der Waals surface area contributed by atoms with Gasteiger partial charge in [-0.1, -0.05) is 24.3 Å². The number of hydrogen-bond acceptors (Lipinski definition) is 2. The molecule has 1 aliphatic carbocycles. The zero-order valence-corrected chi connectivity index (χ0v) is 10.1. The second kappa shape index (κ2) is 4.38. The van der Waals surface area contributed by atoms with E-state index in [4.69, 9.17) is 4.42 Å². The smallest absolute Gasteiger partial charge is 0.117 e. The number of fused-ring (bicyclic) bond motifs is 1. The Hall–Kier alpha value is -1.54. The zero-order valence-electron chi connectivity index (χ0n) is 10.1. The van der Waals surface area contributed by atoms with E-state index in [0.29, 0.717) is 6.04 Å². The van der Waals surface area contributed by atoms with Gasteiger partial charge in [0.2, 0.25) is 0 Å². The molecule has 0 unspecified atom stereocenters. The first kappa shape index (κ1) is 10.6. The van der Waals surface area contributed by atoms with Crippen LogP contribution in [0, 0.1) is 6.92 Å². The van der Waals surface area contributed by atoms with Crippen molar-refractivity contribution in [1.82, 2.24) is 5.32 Å². The fourth-order valence-electron chi connectivity index (χ4n) is 2.53. The Kier molecular flexibility index (Phi) is 2.73. The summed E-state index contributed by atoms with van der Waals surface area (Å²) in [5.74, 6) is 2.01. The number of nitrogens with one attached hydrogen (secondary N) is 1. The molecule has 3 rings (SSSR count). The van der Waals surface area contributed by atoms with Crippen LogP contribution in [-0.2, 0) is 19.4 Å². The SMILES string of the molecule is Cc1ccc(CNC2Cc3ccccc3C2)o1. The summed E-state index contributed by atoms with van der Waals surface area (Å²) in [6.07, 6.45) is 2.27. The minimum atomic E-state index is 0.554. The second-order valence-corrected chi connectivity index (χ2v) is 4.77. The van der Waals surface area contributed by atoms with E-state index in [0.717, 1.165) is 30.9 Å². The predicted molar refractivity (Wildman–Crippen MR) is 67.9 cm³/mol. The molecule has 0 atom stereocenters. The molecule has 0 fully saturated rings. The molecular weight excluding hydrogens is 210 g/mol. The monoisotopic (exact) mass is 227 g/mol.